The van der Waals surface area contributed by atoms with E-state index in [1.54, 1.807) is 12.1 Å². The molecule has 2 aromatic heterocycles. The number of nitriles is 1. The molecule has 0 unspecified atom stereocenters. The molecule has 2 heterocycles. The Bertz CT molecular complexity index is 1130. The van der Waals surface area contributed by atoms with Crippen LogP contribution in [0.25, 0.3) is 16.4 Å². The monoisotopic (exact) mass is 314 g/mol. The summed E-state index contributed by atoms with van der Waals surface area (Å²) in [5.41, 5.74) is 2.93. The van der Waals surface area contributed by atoms with Crippen LogP contribution in [0.4, 0.5) is 4.39 Å². The molecule has 4 rings (SSSR count). The van der Waals surface area contributed by atoms with Crippen LogP contribution in [0.5, 0.6) is 0 Å². The van der Waals surface area contributed by atoms with Crippen LogP contribution in [0.15, 0.2) is 66.9 Å². The summed E-state index contributed by atoms with van der Waals surface area (Å²) in [6, 6.07) is 18.6. The normalized spacial score (nSPS) is 10.8. The second kappa shape index (κ2) is 5.32. The van der Waals surface area contributed by atoms with Crippen LogP contribution in [0.2, 0.25) is 0 Å². The largest absolute Gasteiger partial charge is 0.316 e. The number of fused-ring (bicyclic) bond motifs is 3. The van der Waals surface area contributed by atoms with Crippen LogP contribution in [-0.2, 0) is 0 Å². The molecule has 0 aliphatic carbocycles. The lowest BCUT2D eigenvalue weighted by molar-refractivity contribution is 0.104. The van der Waals surface area contributed by atoms with Crippen molar-refractivity contribution in [3.8, 4) is 6.07 Å². The van der Waals surface area contributed by atoms with Crippen LogP contribution in [-0.4, -0.2) is 10.2 Å². The van der Waals surface area contributed by atoms with Crippen LogP contribution in [0.1, 0.15) is 21.5 Å². The molecule has 3 nitrogen and oxygen atoms in total. The second-order valence-electron chi connectivity index (χ2n) is 5.55. The maximum absolute atomic E-state index is 13.1. The van der Waals surface area contributed by atoms with E-state index in [0.717, 1.165) is 16.4 Å². The van der Waals surface area contributed by atoms with Crippen molar-refractivity contribution in [3.63, 3.8) is 0 Å². The van der Waals surface area contributed by atoms with E-state index < -0.39 is 5.82 Å². The quantitative estimate of drug-likeness (QED) is 0.517. The fourth-order valence-electron chi connectivity index (χ4n) is 2.96. The molecular formula is C20H11FN2O. The molecule has 0 saturated heterocycles. The topological polar surface area (TPSA) is 45.3 Å². The number of pyridine rings is 1. The summed E-state index contributed by atoms with van der Waals surface area (Å²) < 4.78 is 15.1. The van der Waals surface area contributed by atoms with Crippen molar-refractivity contribution in [2.24, 2.45) is 0 Å². The molecule has 2 aromatic carbocycles. The Kier molecular flexibility index (Phi) is 3.14. The Morgan fingerprint density at radius 2 is 1.83 bits per heavy atom. The number of aromatic nitrogens is 1. The van der Waals surface area contributed by atoms with Gasteiger partial charge in [-0.05, 0) is 54.6 Å². The van der Waals surface area contributed by atoms with Crippen LogP contribution >= 0.6 is 0 Å². The van der Waals surface area contributed by atoms with Gasteiger partial charge in [0.2, 0.25) is 0 Å². The molecule has 4 aromatic rings. The van der Waals surface area contributed by atoms with Crippen LogP contribution in [0, 0.1) is 17.1 Å². The lowest BCUT2D eigenvalue weighted by Crippen LogP contribution is -2.05. The molecule has 0 saturated carbocycles. The van der Waals surface area contributed by atoms with E-state index in [0.29, 0.717) is 16.7 Å². The molecule has 0 aliphatic heterocycles. The van der Waals surface area contributed by atoms with E-state index in [1.807, 2.05) is 34.9 Å². The predicted molar refractivity (Wildman–Crippen MR) is 89.5 cm³/mol. The maximum atomic E-state index is 13.1. The van der Waals surface area contributed by atoms with Crippen LogP contribution in [0.3, 0.4) is 0 Å². The molecule has 0 radical (unpaired) electrons. The molecule has 4 heteroatoms. The summed E-state index contributed by atoms with van der Waals surface area (Å²) in [6.45, 7) is 0. The number of rotatable bonds is 2. The van der Waals surface area contributed by atoms with E-state index in [2.05, 4.69) is 6.07 Å². The van der Waals surface area contributed by atoms with E-state index in [1.165, 1.54) is 24.3 Å². The molecule has 0 amide bonds. The first kappa shape index (κ1) is 14.2. The van der Waals surface area contributed by atoms with Crippen molar-refractivity contribution < 1.29 is 9.18 Å². The molecular weight excluding hydrogens is 303 g/mol. The number of carbonyl (C=O) groups is 1. The van der Waals surface area contributed by atoms with Gasteiger partial charge in [-0.15, -0.1) is 0 Å². The van der Waals surface area contributed by atoms with Gasteiger partial charge in [0.05, 0.1) is 17.1 Å². The summed E-state index contributed by atoms with van der Waals surface area (Å²) in [6.07, 6.45) is 1.88. The summed E-state index contributed by atoms with van der Waals surface area (Å²) >= 11 is 0. The number of carbonyl (C=O) groups excluding carboxylic acids is 1. The van der Waals surface area contributed by atoms with Gasteiger partial charge in [-0.2, -0.15) is 5.26 Å². The highest BCUT2D eigenvalue weighted by atomic mass is 19.1. The van der Waals surface area contributed by atoms with Crippen molar-refractivity contribution in [2.75, 3.05) is 0 Å². The SMILES string of the molecule is N#Cc1cc(C(=O)c2ccc(F)cc2)c2c(ccc3cccn32)c1. The first-order valence-corrected chi connectivity index (χ1v) is 7.41. The number of halogens is 1. The first-order valence-electron chi connectivity index (χ1n) is 7.41. The maximum Gasteiger partial charge on any atom is 0.195 e. The first-order chi connectivity index (χ1) is 11.7. The van der Waals surface area contributed by atoms with Gasteiger partial charge < -0.3 is 4.40 Å². The third kappa shape index (κ3) is 2.15. The molecule has 0 spiro atoms. The summed E-state index contributed by atoms with van der Waals surface area (Å²) in [7, 11) is 0. The van der Waals surface area contributed by atoms with E-state index >= 15 is 0 Å². The van der Waals surface area contributed by atoms with Gasteiger partial charge in [0.25, 0.3) is 0 Å². The van der Waals surface area contributed by atoms with Crippen molar-refractivity contribution >= 4 is 22.2 Å². The second-order valence-corrected chi connectivity index (χ2v) is 5.55. The Morgan fingerprint density at radius 3 is 2.58 bits per heavy atom. The Balaban J connectivity index is 2.05. The van der Waals surface area contributed by atoms with Crippen molar-refractivity contribution in [1.82, 2.24) is 4.40 Å². The van der Waals surface area contributed by atoms with E-state index in [-0.39, 0.29) is 5.78 Å². The number of hydrogen-bond acceptors (Lipinski definition) is 2. The number of nitrogens with zero attached hydrogens (tertiary/aromatic N) is 2. The highest BCUT2D eigenvalue weighted by molar-refractivity contribution is 6.16. The van der Waals surface area contributed by atoms with Gasteiger partial charge in [0, 0.05) is 28.2 Å². The molecule has 0 atom stereocenters. The lowest BCUT2D eigenvalue weighted by Gasteiger charge is -2.10. The zero-order chi connectivity index (χ0) is 16.7. The van der Waals surface area contributed by atoms with Crippen molar-refractivity contribution in [2.45, 2.75) is 0 Å². The minimum atomic E-state index is -0.394. The molecule has 114 valence electrons. The van der Waals surface area contributed by atoms with Gasteiger partial charge in [0.1, 0.15) is 5.82 Å². The number of benzene rings is 2. The van der Waals surface area contributed by atoms with Crippen molar-refractivity contribution in [1.29, 1.82) is 5.26 Å². The number of hydrogen-bond donors (Lipinski definition) is 0. The third-order valence-corrected chi connectivity index (χ3v) is 4.07. The lowest BCUT2D eigenvalue weighted by atomic mass is 9.98. The van der Waals surface area contributed by atoms with Gasteiger partial charge in [-0.1, -0.05) is 6.07 Å². The molecule has 0 fully saturated rings. The van der Waals surface area contributed by atoms with Crippen molar-refractivity contribution in [3.05, 3.63) is 89.4 Å². The minimum absolute atomic E-state index is 0.238. The van der Waals surface area contributed by atoms with Gasteiger partial charge in [-0.25, -0.2) is 4.39 Å². The smallest absolute Gasteiger partial charge is 0.195 e. The molecule has 0 N–H and O–H groups in total. The molecule has 0 bridgehead atoms. The highest BCUT2D eigenvalue weighted by Crippen LogP contribution is 2.25. The predicted octanol–water partition coefficient (Wildman–Crippen LogP) is 4.33. The highest BCUT2D eigenvalue weighted by Gasteiger charge is 2.16. The van der Waals surface area contributed by atoms with Gasteiger partial charge in [-0.3, -0.25) is 4.79 Å². The summed E-state index contributed by atoms with van der Waals surface area (Å²) in [5.74, 6) is -0.631. The zero-order valence-corrected chi connectivity index (χ0v) is 12.5. The standard InChI is InChI=1S/C20H11FN2O/c21-16-6-3-14(4-7-16)20(24)18-11-13(12-22)10-15-5-8-17-2-1-9-23(17)19(15)18/h1-11H. The van der Waals surface area contributed by atoms with Crippen LogP contribution < -0.4 is 0 Å². The Labute approximate surface area is 137 Å². The third-order valence-electron chi connectivity index (χ3n) is 4.07. The molecule has 0 aliphatic rings. The fourth-order valence-corrected chi connectivity index (χ4v) is 2.96. The Hall–Kier alpha value is -3.45. The van der Waals surface area contributed by atoms with E-state index in [4.69, 9.17) is 0 Å². The average molecular weight is 314 g/mol. The van der Waals surface area contributed by atoms with Gasteiger partial charge >= 0.3 is 0 Å². The Morgan fingerprint density at radius 1 is 1.04 bits per heavy atom. The molecule has 24 heavy (non-hydrogen) atoms. The fraction of sp³-hybridized carbons (Fsp3) is 0. The van der Waals surface area contributed by atoms with E-state index in [9.17, 15) is 14.4 Å². The zero-order valence-electron chi connectivity index (χ0n) is 12.5. The summed E-state index contributed by atoms with van der Waals surface area (Å²) in [4.78, 5) is 13.0. The number of ketones is 1. The summed E-state index contributed by atoms with van der Waals surface area (Å²) in [5, 5.41) is 10.1. The average Bonchev–Trinajstić information content (AvgIpc) is 3.09. The van der Waals surface area contributed by atoms with Gasteiger partial charge in [0.15, 0.2) is 5.78 Å². The minimum Gasteiger partial charge on any atom is -0.316 e.